The second-order valence-electron chi connectivity index (χ2n) is 6.87. The van der Waals surface area contributed by atoms with Crippen molar-refractivity contribution in [3.8, 4) is 0 Å². The monoisotopic (exact) mass is 425 g/mol. The van der Waals surface area contributed by atoms with Gasteiger partial charge in [-0.25, -0.2) is 9.18 Å². The minimum atomic E-state index is -0.572. The largest absolute Gasteiger partial charge is 0.442 e. The van der Waals surface area contributed by atoms with E-state index in [9.17, 15) is 18.8 Å². The summed E-state index contributed by atoms with van der Waals surface area (Å²) in [6.45, 7) is 3.87. The summed E-state index contributed by atoms with van der Waals surface area (Å²) in [7, 11) is 0. The van der Waals surface area contributed by atoms with Crippen LogP contribution >= 0.6 is 11.9 Å². The molecule has 2 fully saturated rings. The van der Waals surface area contributed by atoms with Crippen molar-refractivity contribution in [2.45, 2.75) is 13.0 Å². The molecule has 3 rings (SSSR count). The summed E-state index contributed by atoms with van der Waals surface area (Å²) in [5.74, 6) is -0.441. The molecule has 2 aliphatic rings. The third-order valence-electron chi connectivity index (χ3n) is 4.88. The third kappa shape index (κ3) is 5.10. The van der Waals surface area contributed by atoms with Gasteiger partial charge in [0.25, 0.3) is 0 Å². The van der Waals surface area contributed by atoms with E-state index >= 15 is 0 Å². The van der Waals surface area contributed by atoms with Crippen LogP contribution in [0.5, 0.6) is 0 Å². The number of nitrogens with one attached hydrogen (secondary N) is 1. The van der Waals surface area contributed by atoms with Crippen molar-refractivity contribution >= 4 is 41.2 Å². The number of carbonyl (C=O) groups is 3. The topological polar surface area (TPSA) is 108 Å². The second kappa shape index (κ2) is 9.31. The van der Waals surface area contributed by atoms with E-state index < -0.39 is 18.0 Å². The summed E-state index contributed by atoms with van der Waals surface area (Å²) >= 11 is 0.993. The average Bonchev–Trinajstić information content (AvgIpc) is 3.07. The Kier molecular flexibility index (Phi) is 6.80. The molecule has 2 heterocycles. The van der Waals surface area contributed by atoms with E-state index in [-0.39, 0.29) is 30.7 Å². The molecule has 1 aromatic carbocycles. The fourth-order valence-electron chi connectivity index (χ4n) is 3.38. The molecule has 0 aromatic heterocycles. The van der Waals surface area contributed by atoms with Crippen LogP contribution in [0.1, 0.15) is 6.92 Å². The number of benzene rings is 1. The molecule has 2 aliphatic heterocycles. The first kappa shape index (κ1) is 21.2. The summed E-state index contributed by atoms with van der Waals surface area (Å²) < 4.78 is 20.0. The molecule has 0 saturated carbocycles. The van der Waals surface area contributed by atoms with Crippen LogP contribution in [0.25, 0.3) is 0 Å². The van der Waals surface area contributed by atoms with Crippen molar-refractivity contribution in [1.82, 2.24) is 10.2 Å². The van der Waals surface area contributed by atoms with Gasteiger partial charge in [-0.1, -0.05) is 11.9 Å². The molecule has 1 aromatic rings. The molecule has 29 heavy (non-hydrogen) atoms. The maximum Gasteiger partial charge on any atom is 0.414 e. The van der Waals surface area contributed by atoms with Crippen LogP contribution in [0, 0.1) is 5.82 Å². The standard InChI is InChI=1S/C18H24FN5O4S/c1-12(25)21-9-14-10-24(18(27)28-14)13-2-3-16(15(19)8-13)22-4-6-23(7-5-22)17(26)11-29-20/h2-3,8,14H,4-7,9-11,20H2,1H3,(H,21,25). The quantitative estimate of drug-likeness (QED) is 0.641. The lowest BCUT2D eigenvalue weighted by molar-refractivity contribution is -0.128. The van der Waals surface area contributed by atoms with Crippen molar-refractivity contribution in [3.63, 3.8) is 0 Å². The van der Waals surface area contributed by atoms with Gasteiger partial charge in [0.15, 0.2) is 0 Å². The first-order valence-corrected chi connectivity index (χ1v) is 10.3. The van der Waals surface area contributed by atoms with E-state index in [1.807, 2.05) is 4.90 Å². The molecule has 2 saturated heterocycles. The van der Waals surface area contributed by atoms with E-state index in [4.69, 9.17) is 9.88 Å². The zero-order chi connectivity index (χ0) is 21.0. The van der Waals surface area contributed by atoms with Crippen LogP contribution in [-0.4, -0.2) is 73.9 Å². The summed E-state index contributed by atoms with van der Waals surface area (Å²) in [6.07, 6.45) is -1.05. The molecule has 0 aliphatic carbocycles. The molecule has 1 unspecified atom stereocenters. The summed E-state index contributed by atoms with van der Waals surface area (Å²) in [5.41, 5.74) is 0.826. The molecule has 158 valence electrons. The summed E-state index contributed by atoms with van der Waals surface area (Å²) in [5, 5.41) is 7.95. The highest BCUT2D eigenvalue weighted by Gasteiger charge is 2.33. The van der Waals surface area contributed by atoms with Crippen LogP contribution in [0.2, 0.25) is 0 Å². The molecule has 1 atom stereocenters. The second-order valence-corrected chi connectivity index (χ2v) is 7.49. The van der Waals surface area contributed by atoms with E-state index in [0.29, 0.717) is 37.6 Å². The van der Waals surface area contributed by atoms with Crippen molar-refractivity contribution in [2.24, 2.45) is 5.14 Å². The molecular formula is C18H24FN5O4S. The van der Waals surface area contributed by atoms with E-state index in [1.165, 1.54) is 17.9 Å². The zero-order valence-electron chi connectivity index (χ0n) is 16.1. The Hall–Kier alpha value is -2.53. The minimum absolute atomic E-state index is 0.0191. The number of piperazine rings is 1. The van der Waals surface area contributed by atoms with Gasteiger partial charge in [-0.05, 0) is 18.2 Å². The van der Waals surface area contributed by atoms with Crippen molar-refractivity contribution < 1.29 is 23.5 Å². The maximum atomic E-state index is 14.8. The number of carbonyl (C=O) groups excluding carboxylic acids is 3. The van der Waals surface area contributed by atoms with E-state index in [0.717, 1.165) is 11.9 Å². The summed E-state index contributed by atoms with van der Waals surface area (Å²) in [6, 6.07) is 4.61. The molecule has 0 bridgehead atoms. The highest BCUT2D eigenvalue weighted by Crippen LogP contribution is 2.28. The highest BCUT2D eigenvalue weighted by atomic mass is 32.2. The fourth-order valence-corrected chi connectivity index (χ4v) is 3.70. The number of amides is 3. The van der Waals surface area contributed by atoms with Gasteiger partial charge in [-0.15, -0.1) is 0 Å². The number of nitrogens with two attached hydrogens (primary N) is 1. The molecule has 0 radical (unpaired) electrons. The molecule has 9 nitrogen and oxygen atoms in total. The number of ether oxygens (including phenoxy) is 1. The van der Waals surface area contributed by atoms with Gasteiger partial charge in [0.2, 0.25) is 11.8 Å². The minimum Gasteiger partial charge on any atom is -0.442 e. The molecule has 11 heteroatoms. The SMILES string of the molecule is CC(=O)NCC1CN(c2ccc(N3CCN(C(=O)CSN)CC3)c(F)c2)C(=O)O1. The summed E-state index contributed by atoms with van der Waals surface area (Å²) in [4.78, 5) is 39.9. The predicted octanol–water partition coefficient (Wildman–Crippen LogP) is 0.543. The van der Waals surface area contributed by atoms with Crippen molar-refractivity contribution in [2.75, 3.05) is 54.8 Å². The smallest absolute Gasteiger partial charge is 0.414 e. The molecular weight excluding hydrogens is 401 g/mol. The first-order valence-electron chi connectivity index (χ1n) is 9.25. The number of rotatable bonds is 6. The normalized spacial score (nSPS) is 19.3. The Morgan fingerprint density at radius 1 is 1.31 bits per heavy atom. The van der Waals surface area contributed by atoms with Crippen LogP contribution in [0.3, 0.4) is 0 Å². The number of cyclic esters (lactones) is 1. The Balaban J connectivity index is 1.62. The Labute approximate surface area is 172 Å². The van der Waals surface area contributed by atoms with Crippen LogP contribution < -0.4 is 20.3 Å². The van der Waals surface area contributed by atoms with Gasteiger partial charge in [-0.3, -0.25) is 19.6 Å². The Morgan fingerprint density at radius 3 is 2.66 bits per heavy atom. The highest BCUT2D eigenvalue weighted by molar-refractivity contribution is 7.97. The van der Waals surface area contributed by atoms with E-state index in [1.54, 1.807) is 17.0 Å². The van der Waals surface area contributed by atoms with Crippen LogP contribution in [-0.2, 0) is 14.3 Å². The number of hydrogen-bond acceptors (Lipinski definition) is 7. The van der Waals surface area contributed by atoms with Gasteiger partial charge in [0.05, 0.1) is 30.2 Å². The van der Waals surface area contributed by atoms with Crippen LogP contribution in [0.4, 0.5) is 20.6 Å². The maximum absolute atomic E-state index is 14.8. The van der Waals surface area contributed by atoms with Crippen molar-refractivity contribution in [3.05, 3.63) is 24.0 Å². The lowest BCUT2D eigenvalue weighted by Gasteiger charge is -2.36. The van der Waals surface area contributed by atoms with Crippen molar-refractivity contribution in [1.29, 1.82) is 0 Å². The van der Waals surface area contributed by atoms with E-state index in [2.05, 4.69) is 5.32 Å². The van der Waals surface area contributed by atoms with Gasteiger partial charge in [-0.2, -0.15) is 0 Å². The zero-order valence-corrected chi connectivity index (χ0v) is 16.9. The Bertz CT molecular complexity index is 788. The van der Waals surface area contributed by atoms with Gasteiger partial charge >= 0.3 is 6.09 Å². The number of anilines is 2. The molecule has 3 amide bonds. The lowest BCUT2D eigenvalue weighted by atomic mass is 10.2. The number of halogens is 1. The van der Waals surface area contributed by atoms with Gasteiger partial charge in [0, 0.05) is 33.1 Å². The molecule has 0 spiro atoms. The predicted molar refractivity (Wildman–Crippen MR) is 108 cm³/mol. The Morgan fingerprint density at radius 2 is 2.03 bits per heavy atom. The van der Waals surface area contributed by atoms with Gasteiger partial charge in [0.1, 0.15) is 11.9 Å². The first-order chi connectivity index (χ1) is 13.9. The fraction of sp³-hybridized carbons (Fsp3) is 0.500. The third-order valence-corrected chi connectivity index (χ3v) is 5.29. The average molecular weight is 425 g/mol. The number of nitrogens with zero attached hydrogens (tertiary/aromatic N) is 3. The van der Waals surface area contributed by atoms with Crippen LogP contribution in [0.15, 0.2) is 18.2 Å². The molecule has 3 N–H and O–H groups in total. The van der Waals surface area contributed by atoms with Gasteiger partial charge < -0.3 is 19.9 Å². The lowest BCUT2D eigenvalue weighted by Crippen LogP contribution is -2.49. The number of hydrogen-bond donors (Lipinski definition) is 2.